The number of carboxylic acid groups (broad SMARTS) is 2. The smallest absolute Gasteiger partial charge is 0.426 e. The zero-order chi connectivity index (χ0) is 28.2. The molecular formula is C27H22F3N3O5S. The zero-order valence-electron chi connectivity index (χ0n) is 20.5. The monoisotopic (exact) mass is 557 g/mol. The van der Waals surface area contributed by atoms with Crippen molar-refractivity contribution < 1.29 is 37.5 Å². The van der Waals surface area contributed by atoms with E-state index in [-0.39, 0.29) is 35.0 Å². The van der Waals surface area contributed by atoms with E-state index >= 15 is 0 Å². The molecule has 0 unspecified atom stereocenters. The molecule has 0 amide bonds. The molecule has 0 aliphatic heterocycles. The first-order valence-electron chi connectivity index (χ1n) is 11.7. The molecule has 0 fully saturated rings. The third-order valence-corrected chi connectivity index (χ3v) is 6.80. The van der Waals surface area contributed by atoms with E-state index in [1.54, 1.807) is 55.6 Å². The first-order valence-corrected chi connectivity index (χ1v) is 12.5. The summed E-state index contributed by atoms with van der Waals surface area (Å²) in [5.41, 5.74) is 1.94. The summed E-state index contributed by atoms with van der Waals surface area (Å²) in [6.45, 7) is 1.90. The van der Waals surface area contributed by atoms with Gasteiger partial charge >= 0.3 is 18.1 Å². The topological polar surface area (TPSA) is 118 Å². The van der Waals surface area contributed by atoms with Crippen molar-refractivity contribution in [2.24, 2.45) is 0 Å². The molecule has 5 rings (SSSR count). The van der Waals surface area contributed by atoms with Gasteiger partial charge in [0.15, 0.2) is 0 Å². The molecule has 0 aliphatic rings. The highest BCUT2D eigenvalue weighted by Crippen LogP contribution is 2.45. The van der Waals surface area contributed by atoms with E-state index in [0.717, 1.165) is 10.9 Å². The summed E-state index contributed by atoms with van der Waals surface area (Å²) in [7, 11) is 0. The number of carboxylic acids is 2. The van der Waals surface area contributed by atoms with Gasteiger partial charge in [-0.2, -0.15) is 18.2 Å². The molecule has 2 aromatic carbocycles. The van der Waals surface area contributed by atoms with Gasteiger partial charge in [0.25, 0.3) is 5.89 Å². The third-order valence-electron chi connectivity index (χ3n) is 5.63. The molecule has 0 spiro atoms. The Hall–Kier alpha value is -4.45. The molecule has 12 heteroatoms. The van der Waals surface area contributed by atoms with Crippen molar-refractivity contribution in [2.45, 2.75) is 32.5 Å². The predicted molar refractivity (Wildman–Crippen MR) is 139 cm³/mol. The molecule has 0 saturated heterocycles. The van der Waals surface area contributed by atoms with Gasteiger partial charge in [-0.25, -0.2) is 0 Å². The van der Waals surface area contributed by atoms with E-state index in [9.17, 15) is 22.8 Å². The van der Waals surface area contributed by atoms with Crippen LogP contribution < -0.4 is 0 Å². The lowest BCUT2D eigenvalue weighted by Gasteiger charge is -2.07. The number of fused-ring (bicyclic) bond motifs is 1. The maximum absolute atomic E-state index is 13.7. The summed E-state index contributed by atoms with van der Waals surface area (Å²) in [5, 5.41) is 21.5. The van der Waals surface area contributed by atoms with Crippen LogP contribution in [-0.4, -0.2) is 36.9 Å². The lowest BCUT2D eigenvalue weighted by atomic mass is 10.1. The fourth-order valence-corrected chi connectivity index (χ4v) is 4.77. The van der Waals surface area contributed by atoms with Crippen LogP contribution >= 0.6 is 11.3 Å². The van der Waals surface area contributed by atoms with Crippen molar-refractivity contribution in [3.05, 3.63) is 71.7 Å². The summed E-state index contributed by atoms with van der Waals surface area (Å²) >= 11 is 0.559. The van der Waals surface area contributed by atoms with Crippen LogP contribution in [-0.2, 0) is 22.3 Å². The Morgan fingerprint density at radius 2 is 1.72 bits per heavy atom. The summed E-state index contributed by atoms with van der Waals surface area (Å²) < 4.78 is 48.4. The van der Waals surface area contributed by atoms with Gasteiger partial charge in [0.1, 0.15) is 4.88 Å². The molecular weight excluding hydrogens is 535 g/mol. The number of alkyl halides is 3. The van der Waals surface area contributed by atoms with E-state index in [4.69, 9.17) is 14.7 Å². The molecule has 202 valence electrons. The summed E-state index contributed by atoms with van der Waals surface area (Å²) in [4.78, 5) is 24.2. The minimum atomic E-state index is -4.53. The van der Waals surface area contributed by atoms with Crippen molar-refractivity contribution >= 4 is 34.2 Å². The number of carbonyl (C=O) groups is 2. The number of aromatic nitrogens is 3. The van der Waals surface area contributed by atoms with Crippen LogP contribution in [0, 0.1) is 0 Å². The molecule has 8 nitrogen and oxygen atoms in total. The molecule has 5 aromatic rings. The number of hydrogen-bond donors (Lipinski definition) is 2. The van der Waals surface area contributed by atoms with Crippen LogP contribution in [0.4, 0.5) is 13.2 Å². The Morgan fingerprint density at radius 3 is 2.36 bits per heavy atom. The highest BCUT2D eigenvalue weighted by molar-refractivity contribution is 7.16. The minimum Gasteiger partial charge on any atom is -0.481 e. The number of halogens is 3. The Morgan fingerprint density at radius 1 is 1.00 bits per heavy atom. The lowest BCUT2D eigenvalue weighted by molar-refractivity contribution is -0.138. The first-order chi connectivity index (χ1) is 18.6. The van der Waals surface area contributed by atoms with E-state index in [2.05, 4.69) is 10.1 Å². The van der Waals surface area contributed by atoms with Crippen molar-refractivity contribution in [3.8, 4) is 33.3 Å². The van der Waals surface area contributed by atoms with Crippen molar-refractivity contribution in [1.82, 2.24) is 14.7 Å². The van der Waals surface area contributed by atoms with Gasteiger partial charge in [0.05, 0.1) is 11.3 Å². The van der Waals surface area contributed by atoms with E-state index in [1.165, 1.54) is 6.07 Å². The molecule has 0 bridgehead atoms. The molecule has 3 heterocycles. The second-order valence-corrected chi connectivity index (χ2v) is 9.33. The van der Waals surface area contributed by atoms with Crippen LogP contribution in [0.3, 0.4) is 0 Å². The Bertz CT molecular complexity index is 1610. The van der Waals surface area contributed by atoms with Gasteiger partial charge < -0.3 is 19.3 Å². The molecule has 3 aromatic heterocycles. The minimum absolute atomic E-state index is 0.00464. The standard InChI is InChI=1S/C24H16F3N3O3S.C3H6O2/c25-24(26,27)21-17(14-5-2-1-3-6-14)13-19(34-21)23-28-22(29-33-23)16-7-4-8-18-15(16)9-11-30(18)12-10-20(31)32;1-2-3(4)5/h1-9,11,13H,10,12H2,(H,31,32);2H2,1H3,(H,4,5). The Kier molecular flexibility index (Phi) is 8.15. The van der Waals surface area contributed by atoms with Crippen molar-refractivity contribution in [1.29, 1.82) is 0 Å². The summed E-state index contributed by atoms with van der Waals surface area (Å²) in [5.74, 6) is -1.41. The largest absolute Gasteiger partial charge is 0.481 e. The van der Waals surface area contributed by atoms with Crippen LogP contribution in [0.5, 0.6) is 0 Å². The normalized spacial score (nSPS) is 11.3. The summed E-state index contributed by atoms with van der Waals surface area (Å²) in [6, 6.07) is 17.0. The van der Waals surface area contributed by atoms with Crippen molar-refractivity contribution in [3.63, 3.8) is 0 Å². The van der Waals surface area contributed by atoms with Gasteiger partial charge in [0, 0.05) is 41.2 Å². The van der Waals surface area contributed by atoms with E-state index < -0.39 is 23.0 Å². The molecule has 0 atom stereocenters. The highest BCUT2D eigenvalue weighted by Gasteiger charge is 2.37. The average Bonchev–Trinajstić information content (AvgIpc) is 3.66. The quantitative estimate of drug-likeness (QED) is 0.220. The maximum Gasteiger partial charge on any atom is 0.426 e. The Labute approximate surface area is 223 Å². The maximum atomic E-state index is 13.7. The average molecular weight is 558 g/mol. The van der Waals surface area contributed by atoms with E-state index in [1.807, 2.05) is 16.7 Å². The highest BCUT2D eigenvalue weighted by atomic mass is 32.1. The fraction of sp³-hybridized carbons (Fsp3) is 0.185. The zero-order valence-corrected chi connectivity index (χ0v) is 21.3. The lowest BCUT2D eigenvalue weighted by Crippen LogP contribution is -2.03. The number of thiophene rings is 1. The molecule has 39 heavy (non-hydrogen) atoms. The van der Waals surface area contributed by atoms with Gasteiger partial charge in [-0.15, -0.1) is 11.3 Å². The predicted octanol–water partition coefficient (Wildman–Crippen LogP) is 7.06. The SMILES string of the molecule is CCC(=O)O.O=C(O)CCn1ccc2c(-c3noc(-c4cc(-c5ccccc5)c(C(F)(F)F)s4)n3)cccc21. The molecule has 0 radical (unpaired) electrons. The van der Waals surface area contributed by atoms with Crippen LogP contribution in [0.15, 0.2) is 71.4 Å². The van der Waals surface area contributed by atoms with Crippen LogP contribution in [0.1, 0.15) is 24.6 Å². The number of aliphatic carboxylic acids is 2. The first kappa shape index (κ1) is 27.6. The number of benzene rings is 2. The second kappa shape index (κ2) is 11.5. The summed E-state index contributed by atoms with van der Waals surface area (Å²) in [6.07, 6.45) is -2.55. The number of aryl methyl sites for hydroxylation is 1. The van der Waals surface area contributed by atoms with Crippen molar-refractivity contribution in [2.75, 3.05) is 0 Å². The second-order valence-electron chi connectivity index (χ2n) is 8.28. The van der Waals surface area contributed by atoms with Gasteiger partial charge in [-0.1, -0.05) is 54.5 Å². The van der Waals surface area contributed by atoms with Gasteiger partial charge in [-0.3, -0.25) is 9.59 Å². The molecule has 0 saturated carbocycles. The Balaban J connectivity index is 0.000000648. The molecule has 0 aliphatic carbocycles. The number of hydrogen-bond acceptors (Lipinski definition) is 6. The van der Waals surface area contributed by atoms with Gasteiger partial charge in [-0.05, 0) is 23.8 Å². The molecule has 2 N–H and O–H groups in total. The van der Waals surface area contributed by atoms with Crippen LogP contribution in [0.2, 0.25) is 0 Å². The fourth-order valence-electron chi connectivity index (χ4n) is 3.80. The number of rotatable bonds is 7. The number of nitrogens with zero attached hydrogens (tertiary/aromatic N) is 3. The van der Waals surface area contributed by atoms with Gasteiger partial charge in [0.2, 0.25) is 5.82 Å². The van der Waals surface area contributed by atoms with Crippen LogP contribution in [0.25, 0.3) is 44.2 Å². The third kappa shape index (κ3) is 6.34. The van der Waals surface area contributed by atoms with E-state index in [0.29, 0.717) is 29.0 Å².